The van der Waals surface area contributed by atoms with E-state index < -0.39 is 17.6 Å². The number of carbonyl (C=O) groups excluding carboxylic acids is 1. The van der Waals surface area contributed by atoms with Gasteiger partial charge in [-0.1, -0.05) is 6.92 Å². The fraction of sp³-hybridized carbons (Fsp3) is 0.368. The van der Waals surface area contributed by atoms with Crippen molar-refractivity contribution in [2.24, 2.45) is 0 Å². The summed E-state index contributed by atoms with van der Waals surface area (Å²) in [7, 11) is 0. The molecule has 0 radical (unpaired) electrons. The molecule has 144 valence electrons. The van der Waals surface area contributed by atoms with Gasteiger partial charge in [0.25, 0.3) is 5.91 Å². The van der Waals surface area contributed by atoms with Gasteiger partial charge in [0.15, 0.2) is 0 Å². The summed E-state index contributed by atoms with van der Waals surface area (Å²) in [5.41, 5.74) is -0.133. The molecule has 1 amide bonds. The van der Waals surface area contributed by atoms with Gasteiger partial charge >= 0.3 is 6.18 Å². The number of aromatic nitrogens is 1. The number of hydrogen-bond acceptors (Lipinski definition) is 4. The van der Waals surface area contributed by atoms with E-state index >= 15 is 0 Å². The first kappa shape index (κ1) is 19.2. The van der Waals surface area contributed by atoms with Gasteiger partial charge < -0.3 is 15.1 Å². The van der Waals surface area contributed by atoms with Crippen molar-refractivity contribution in [3.63, 3.8) is 0 Å². The number of halogens is 3. The highest BCUT2D eigenvalue weighted by Crippen LogP contribution is 2.29. The van der Waals surface area contributed by atoms with E-state index in [1.807, 2.05) is 6.07 Å². The van der Waals surface area contributed by atoms with Crippen molar-refractivity contribution in [3.05, 3.63) is 53.7 Å². The summed E-state index contributed by atoms with van der Waals surface area (Å²) < 4.78 is 37.8. The van der Waals surface area contributed by atoms with Crippen LogP contribution in [-0.4, -0.2) is 48.5 Å². The SMILES string of the molecule is CCN1CCN(c2ccc(NC(=O)c3ccc(C(F)(F)F)cc3)cn2)CC1. The lowest BCUT2D eigenvalue weighted by atomic mass is 10.1. The third-order valence-corrected chi connectivity index (χ3v) is 4.62. The van der Waals surface area contributed by atoms with Gasteiger partial charge in [-0.25, -0.2) is 4.98 Å². The molecule has 1 fully saturated rings. The molecule has 0 saturated carbocycles. The van der Waals surface area contributed by atoms with Gasteiger partial charge in [-0.05, 0) is 42.9 Å². The molecule has 0 aliphatic carbocycles. The molecule has 1 aromatic heterocycles. The van der Waals surface area contributed by atoms with Crippen LogP contribution in [0.2, 0.25) is 0 Å². The fourth-order valence-electron chi connectivity index (χ4n) is 2.95. The van der Waals surface area contributed by atoms with Crippen LogP contribution < -0.4 is 10.2 Å². The Labute approximate surface area is 155 Å². The molecule has 8 heteroatoms. The number of nitrogens with zero attached hydrogens (tertiary/aromatic N) is 3. The monoisotopic (exact) mass is 378 g/mol. The van der Waals surface area contributed by atoms with Crippen molar-refractivity contribution >= 4 is 17.4 Å². The Hall–Kier alpha value is -2.61. The Kier molecular flexibility index (Phi) is 5.65. The maximum absolute atomic E-state index is 12.6. The van der Waals surface area contributed by atoms with Gasteiger partial charge in [0.05, 0.1) is 17.4 Å². The number of carbonyl (C=O) groups is 1. The summed E-state index contributed by atoms with van der Waals surface area (Å²) in [5, 5.41) is 2.65. The van der Waals surface area contributed by atoms with E-state index in [1.165, 1.54) is 0 Å². The van der Waals surface area contributed by atoms with Crippen molar-refractivity contribution in [1.82, 2.24) is 9.88 Å². The molecule has 0 atom stereocenters. The highest BCUT2D eigenvalue weighted by atomic mass is 19.4. The Bertz CT molecular complexity index is 767. The molecule has 1 N–H and O–H groups in total. The van der Waals surface area contributed by atoms with Gasteiger partial charge in [0.2, 0.25) is 0 Å². The highest BCUT2D eigenvalue weighted by molar-refractivity contribution is 6.04. The average Bonchev–Trinajstić information content (AvgIpc) is 2.68. The normalized spacial score (nSPS) is 15.6. The second-order valence-electron chi connectivity index (χ2n) is 6.36. The standard InChI is InChI=1S/C19H21F3N4O/c1-2-25-9-11-26(12-10-25)17-8-7-16(13-23-17)24-18(27)14-3-5-15(6-4-14)19(20,21)22/h3-8,13H,2,9-12H2,1H3,(H,24,27). The molecule has 1 aromatic carbocycles. The predicted molar refractivity (Wildman–Crippen MR) is 98.0 cm³/mol. The molecule has 0 bridgehead atoms. The van der Waals surface area contributed by atoms with Gasteiger partial charge in [0, 0.05) is 31.7 Å². The summed E-state index contributed by atoms with van der Waals surface area (Å²) >= 11 is 0. The van der Waals surface area contributed by atoms with E-state index in [2.05, 4.69) is 27.0 Å². The summed E-state index contributed by atoms with van der Waals surface area (Å²) in [4.78, 5) is 21.1. The van der Waals surface area contributed by atoms with Crippen LogP contribution in [0.25, 0.3) is 0 Å². The van der Waals surface area contributed by atoms with E-state index in [0.29, 0.717) is 5.69 Å². The zero-order valence-corrected chi connectivity index (χ0v) is 15.0. The van der Waals surface area contributed by atoms with Crippen LogP contribution in [0.4, 0.5) is 24.7 Å². The molecule has 1 saturated heterocycles. The number of anilines is 2. The lowest BCUT2D eigenvalue weighted by molar-refractivity contribution is -0.137. The van der Waals surface area contributed by atoms with Crippen LogP contribution in [0.3, 0.4) is 0 Å². The third-order valence-electron chi connectivity index (χ3n) is 4.62. The van der Waals surface area contributed by atoms with Gasteiger partial charge in [0.1, 0.15) is 5.82 Å². The van der Waals surface area contributed by atoms with Gasteiger partial charge in [-0.15, -0.1) is 0 Å². The number of benzene rings is 1. The van der Waals surface area contributed by atoms with E-state index in [0.717, 1.165) is 62.8 Å². The number of amides is 1. The Morgan fingerprint density at radius 1 is 1.07 bits per heavy atom. The minimum atomic E-state index is -4.42. The number of nitrogens with one attached hydrogen (secondary N) is 1. The van der Waals surface area contributed by atoms with Crippen LogP contribution in [-0.2, 0) is 6.18 Å². The quantitative estimate of drug-likeness (QED) is 0.885. The smallest absolute Gasteiger partial charge is 0.354 e. The van der Waals surface area contributed by atoms with Crippen molar-refractivity contribution in [3.8, 4) is 0 Å². The fourth-order valence-corrected chi connectivity index (χ4v) is 2.95. The maximum Gasteiger partial charge on any atom is 0.416 e. The Morgan fingerprint density at radius 2 is 1.74 bits per heavy atom. The maximum atomic E-state index is 12.6. The lowest BCUT2D eigenvalue weighted by Gasteiger charge is -2.34. The first-order chi connectivity index (χ1) is 12.9. The number of rotatable bonds is 4. The second-order valence-corrected chi connectivity index (χ2v) is 6.36. The molecule has 0 unspecified atom stereocenters. The van der Waals surface area contributed by atoms with Crippen molar-refractivity contribution < 1.29 is 18.0 Å². The number of pyridine rings is 1. The Balaban J connectivity index is 1.60. The Morgan fingerprint density at radius 3 is 2.26 bits per heavy atom. The molecule has 1 aliphatic rings. The van der Waals surface area contributed by atoms with Crippen LogP contribution in [0.5, 0.6) is 0 Å². The van der Waals surface area contributed by atoms with Crippen LogP contribution in [0, 0.1) is 0 Å². The van der Waals surface area contributed by atoms with E-state index in [4.69, 9.17) is 0 Å². The zero-order valence-electron chi connectivity index (χ0n) is 15.0. The predicted octanol–water partition coefficient (Wildman–Crippen LogP) is 3.49. The summed E-state index contributed by atoms with van der Waals surface area (Å²) in [6.07, 6.45) is -2.86. The van der Waals surface area contributed by atoms with E-state index in [-0.39, 0.29) is 5.56 Å². The molecular formula is C19H21F3N4O. The summed E-state index contributed by atoms with van der Waals surface area (Å²) in [6.45, 7) is 6.96. The molecular weight excluding hydrogens is 357 g/mol. The number of hydrogen-bond donors (Lipinski definition) is 1. The molecule has 2 aromatic rings. The zero-order chi connectivity index (χ0) is 19.4. The topological polar surface area (TPSA) is 48.5 Å². The molecule has 2 heterocycles. The summed E-state index contributed by atoms with van der Waals surface area (Å²) in [6, 6.07) is 7.69. The van der Waals surface area contributed by atoms with Gasteiger partial charge in [-0.2, -0.15) is 13.2 Å². The molecule has 1 aliphatic heterocycles. The molecule has 0 spiro atoms. The third kappa shape index (κ3) is 4.77. The van der Waals surface area contributed by atoms with E-state index in [1.54, 1.807) is 12.3 Å². The number of piperazine rings is 1. The van der Waals surface area contributed by atoms with Crippen molar-refractivity contribution in [1.29, 1.82) is 0 Å². The molecule has 5 nitrogen and oxygen atoms in total. The molecule has 3 rings (SSSR count). The van der Waals surface area contributed by atoms with Crippen LogP contribution >= 0.6 is 0 Å². The second kappa shape index (κ2) is 7.96. The first-order valence-electron chi connectivity index (χ1n) is 8.79. The lowest BCUT2D eigenvalue weighted by Crippen LogP contribution is -2.46. The minimum absolute atomic E-state index is 0.155. The van der Waals surface area contributed by atoms with E-state index in [9.17, 15) is 18.0 Å². The molecule has 27 heavy (non-hydrogen) atoms. The van der Waals surface area contributed by atoms with Crippen LogP contribution in [0.15, 0.2) is 42.6 Å². The highest BCUT2D eigenvalue weighted by Gasteiger charge is 2.30. The van der Waals surface area contributed by atoms with Crippen LogP contribution in [0.1, 0.15) is 22.8 Å². The average molecular weight is 378 g/mol. The van der Waals surface area contributed by atoms with Crippen molar-refractivity contribution in [2.45, 2.75) is 13.1 Å². The largest absolute Gasteiger partial charge is 0.416 e. The number of likely N-dealkylation sites (N-methyl/N-ethyl adjacent to an activating group) is 1. The van der Waals surface area contributed by atoms with Gasteiger partial charge in [-0.3, -0.25) is 4.79 Å². The van der Waals surface area contributed by atoms with Crippen molar-refractivity contribution in [2.75, 3.05) is 42.9 Å². The minimum Gasteiger partial charge on any atom is -0.354 e. The summed E-state index contributed by atoms with van der Waals surface area (Å²) in [5.74, 6) is 0.369. The first-order valence-corrected chi connectivity index (χ1v) is 8.79. The number of alkyl halides is 3.